The Kier molecular flexibility index (Phi) is 6.16. The summed E-state index contributed by atoms with van der Waals surface area (Å²) in [6, 6.07) is 5.98. The molecule has 1 fully saturated rings. The number of nitro groups is 1. The third-order valence-electron chi connectivity index (χ3n) is 3.04. The van der Waals surface area contributed by atoms with Gasteiger partial charge in [-0.2, -0.15) is 0 Å². The number of hydrogen-bond donors (Lipinski definition) is 2. The lowest BCUT2D eigenvalue weighted by Gasteiger charge is -2.15. The summed E-state index contributed by atoms with van der Waals surface area (Å²) in [6.07, 6.45) is 0.697. The first kappa shape index (κ1) is 17.4. The number of nitrogens with one attached hydrogen (secondary N) is 1. The highest BCUT2D eigenvalue weighted by molar-refractivity contribution is 8.14. The van der Waals surface area contributed by atoms with Crippen LogP contribution in [-0.4, -0.2) is 34.8 Å². The molecular formula is C12H15BrN4O3S. The molecule has 114 valence electrons. The molecule has 7 nitrogen and oxygen atoms in total. The van der Waals surface area contributed by atoms with Gasteiger partial charge in [0, 0.05) is 24.4 Å². The van der Waals surface area contributed by atoms with Crippen LogP contribution in [0, 0.1) is 10.1 Å². The number of halogens is 1. The summed E-state index contributed by atoms with van der Waals surface area (Å²) in [4.78, 5) is 26.8. The first-order valence-corrected chi connectivity index (χ1v) is 6.93. The Balaban J connectivity index is 0.00000220. The standard InChI is InChI=1S/C12H14N4O3S.BrH/c1-14-12(13)20-10-6-7-15(11(10)17)8-2-4-9(5-3-8)16(18)19;/h2-5,10H,6-7H2,1H3,(H2,13,14);1H. The van der Waals surface area contributed by atoms with E-state index in [9.17, 15) is 14.9 Å². The minimum atomic E-state index is -0.461. The van der Waals surface area contributed by atoms with Gasteiger partial charge < -0.3 is 21.9 Å². The zero-order valence-corrected chi connectivity index (χ0v) is 13.7. The zero-order valence-electron chi connectivity index (χ0n) is 11.3. The molecule has 1 atom stereocenters. The smallest absolute Gasteiger partial charge is 0.302 e. The van der Waals surface area contributed by atoms with E-state index in [1.165, 1.54) is 23.9 Å². The maximum Gasteiger partial charge on any atom is 0.302 e. The van der Waals surface area contributed by atoms with Gasteiger partial charge in [-0.3, -0.25) is 25.6 Å². The second-order valence-corrected chi connectivity index (χ2v) is 5.52. The minimum absolute atomic E-state index is 0. The van der Waals surface area contributed by atoms with Crippen LogP contribution >= 0.6 is 11.8 Å². The molecule has 0 aliphatic carbocycles. The Morgan fingerprint density at radius 2 is 2.10 bits per heavy atom. The number of amidine groups is 1. The van der Waals surface area contributed by atoms with E-state index in [2.05, 4.69) is 4.99 Å². The number of carbonyl (C=O) groups is 1. The van der Waals surface area contributed by atoms with Gasteiger partial charge in [0.05, 0.1) is 17.2 Å². The van der Waals surface area contributed by atoms with Crippen LogP contribution in [0.4, 0.5) is 11.4 Å². The Morgan fingerprint density at radius 3 is 2.62 bits per heavy atom. The zero-order chi connectivity index (χ0) is 14.7. The Bertz CT molecular complexity index is 564. The third kappa shape index (κ3) is 3.94. The highest BCUT2D eigenvalue weighted by Gasteiger charge is 2.34. The second kappa shape index (κ2) is 7.41. The fourth-order valence-electron chi connectivity index (χ4n) is 1.99. The van der Waals surface area contributed by atoms with Gasteiger partial charge in [0.1, 0.15) is 0 Å². The third-order valence-corrected chi connectivity index (χ3v) is 4.22. The molecule has 3 N–H and O–H groups in total. The average Bonchev–Trinajstić information content (AvgIpc) is 2.80. The Morgan fingerprint density at radius 1 is 1.48 bits per heavy atom. The van der Waals surface area contributed by atoms with Crippen LogP contribution in [0.5, 0.6) is 0 Å². The summed E-state index contributed by atoms with van der Waals surface area (Å²) in [7, 11) is 1.70. The number of hydrogen-bond acceptors (Lipinski definition) is 4. The molecule has 1 aliphatic heterocycles. The average molecular weight is 375 g/mol. The van der Waals surface area contributed by atoms with E-state index in [-0.39, 0.29) is 33.8 Å². The van der Waals surface area contributed by atoms with Crippen LogP contribution in [0.15, 0.2) is 24.3 Å². The van der Waals surface area contributed by atoms with Crippen molar-refractivity contribution in [3.05, 3.63) is 34.4 Å². The monoisotopic (exact) mass is 374 g/mol. The number of nitro benzene ring substituents is 1. The summed E-state index contributed by atoms with van der Waals surface area (Å²) < 4.78 is 0. The number of thioether (sulfide) groups is 1. The molecule has 1 saturated heterocycles. The van der Waals surface area contributed by atoms with E-state index >= 15 is 0 Å². The number of benzene rings is 1. The van der Waals surface area contributed by atoms with E-state index in [1.54, 1.807) is 24.1 Å². The second-order valence-electron chi connectivity index (χ2n) is 4.27. The lowest BCUT2D eigenvalue weighted by molar-refractivity contribution is -0.417. The van der Waals surface area contributed by atoms with Crippen molar-refractivity contribution < 1.29 is 31.7 Å². The lowest BCUT2D eigenvalue weighted by Crippen LogP contribution is -3.00. The highest BCUT2D eigenvalue weighted by atomic mass is 79.9. The first-order chi connectivity index (χ1) is 9.52. The molecule has 0 aromatic heterocycles. The molecule has 0 spiro atoms. The maximum absolute atomic E-state index is 12.3. The van der Waals surface area contributed by atoms with Crippen molar-refractivity contribution in [2.24, 2.45) is 5.73 Å². The van der Waals surface area contributed by atoms with Gasteiger partial charge in [0.25, 0.3) is 5.69 Å². The molecule has 2 rings (SSSR count). The van der Waals surface area contributed by atoms with E-state index < -0.39 is 4.92 Å². The summed E-state index contributed by atoms with van der Waals surface area (Å²) in [5.74, 6) is -0.0259. The van der Waals surface area contributed by atoms with Crippen LogP contribution < -0.4 is 32.6 Å². The van der Waals surface area contributed by atoms with Crippen molar-refractivity contribution >= 4 is 34.2 Å². The largest absolute Gasteiger partial charge is 1.00 e. The molecule has 1 aromatic carbocycles. The predicted molar refractivity (Wildman–Crippen MR) is 77.5 cm³/mol. The van der Waals surface area contributed by atoms with Gasteiger partial charge in [-0.1, -0.05) is 0 Å². The van der Waals surface area contributed by atoms with Crippen molar-refractivity contribution in [1.82, 2.24) is 0 Å². The molecule has 0 bridgehead atoms. The fourth-order valence-corrected chi connectivity index (χ4v) is 2.86. The minimum Gasteiger partial charge on any atom is -1.00 e. The van der Waals surface area contributed by atoms with Crippen molar-refractivity contribution in [3.63, 3.8) is 0 Å². The number of rotatable bonds is 3. The molecule has 9 heteroatoms. The first-order valence-electron chi connectivity index (χ1n) is 6.05. The summed E-state index contributed by atoms with van der Waals surface area (Å²) >= 11 is 1.31. The molecule has 1 unspecified atom stereocenters. The van der Waals surface area contributed by atoms with Crippen LogP contribution in [0.1, 0.15) is 6.42 Å². The topological polar surface area (TPSA) is 103 Å². The van der Waals surface area contributed by atoms with Gasteiger partial charge in [-0.05, 0) is 30.3 Å². The normalized spacial score (nSPS) is 18.5. The number of anilines is 1. The Hall–Kier alpha value is -1.61. The van der Waals surface area contributed by atoms with E-state index in [1.807, 2.05) is 0 Å². The van der Waals surface area contributed by atoms with Gasteiger partial charge in [0.15, 0.2) is 0 Å². The molecular weight excluding hydrogens is 360 g/mol. The number of nitrogens with two attached hydrogens (primary N) is 1. The van der Waals surface area contributed by atoms with Gasteiger partial charge in [0.2, 0.25) is 5.91 Å². The number of carbonyl (C=O) groups excluding carboxylic acids is 1. The molecule has 1 heterocycles. The molecule has 1 aromatic rings. The molecule has 0 radical (unpaired) electrons. The molecule has 21 heavy (non-hydrogen) atoms. The van der Waals surface area contributed by atoms with Crippen molar-refractivity contribution in [1.29, 1.82) is 0 Å². The van der Waals surface area contributed by atoms with Crippen LogP contribution in [0.3, 0.4) is 0 Å². The van der Waals surface area contributed by atoms with Crippen LogP contribution in [-0.2, 0) is 4.79 Å². The van der Waals surface area contributed by atoms with Gasteiger partial charge in [-0.15, -0.1) is 0 Å². The molecule has 1 amide bonds. The number of non-ortho nitro benzene ring substituents is 1. The van der Waals surface area contributed by atoms with Crippen molar-refractivity contribution in [3.8, 4) is 0 Å². The van der Waals surface area contributed by atoms with E-state index in [4.69, 9.17) is 5.73 Å². The predicted octanol–water partition coefficient (Wildman–Crippen LogP) is -3.54. The van der Waals surface area contributed by atoms with E-state index in [0.29, 0.717) is 23.8 Å². The van der Waals surface area contributed by atoms with Crippen LogP contribution in [0.2, 0.25) is 0 Å². The van der Waals surface area contributed by atoms with Gasteiger partial charge in [-0.25, -0.2) is 0 Å². The number of amides is 1. The highest BCUT2D eigenvalue weighted by Crippen LogP contribution is 2.29. The van der Waals surface area contributed by atoms with Gasteiger partial charge >= 0.3 is 5.17 Å². The van der Waals surface area contributed by atoms with E-state index in [0.717, 1.165) is 0 Å². The summed E-state index contributed by atoms with van der Waals surface area (Å²) in [5, 5.41) is 10.9. The quantitative estimate of drug-likeness (QED) is 0.247. The maximum atomic E-state index is 12.3. The molecule has 0 saturated carbocycles. The number of nitrogens with zero attached hydrogens (tertiary/aromatic N) is 2. The fraction of sp³-hybridized carbons (Fsp3) is 0.333. The SMILES string of the molecule is C[NH+]=C(N)SC1CCN(c2ccc([N+](=O)[O-])cc2)C1=O.[Br-]. The van der Waals surface area contributed by atoms with Crippen LogP contribution in [0.25, 0.3) is 0 Å². The Labute approximate surface area is 136 Å². The summed E-state index contributed by atoms with van der Waals surface area (Å²) in [5.41, 5.74) is 6.36. The summed E-state index contributed by atoms with van der Waals surface area (Å²) in [6.45, 7) is 0.589. The lowest BCUT2D eigenvalue weighted by atomic mass is 10.2. The van der Waals surface area contributed by atoms with Crippen molar-refractivity contribution in [2.75, 3.05) is 18.5 Å². The van der Waals surface area contributed by atoms with Crippen molar-refractivity contribution in [2.45, 2.75) is 11.7 Å². The molecule has 1 aliphatic rings.